The summed E-state index contributed by atoms with van der Waals surface area (Å²) in [5.74, 6) is -0.315. The number of hydrogen-bond donors (Lipinski definition) is 3. The van der Waals surface area contributed by atoms with Crippen molar-refractivity contribution in [2.75, 3.05) is 23.3 Å². The number of nitrogens with two attached hydrogens (primary N) is 1. The molecule has 4 heterocycles. The van der Waals surface area contributed by atoms with E-state index in [0.717, 1.165) is 47.2 Å². The summed E-state index contributed by atoms with van der Waals surface area (Å²) in [7, 11) is 0. The van der Waals surface area contributed by atoms with Crippen molar-refractivity contribution < 1.29 is 4.79 Å². The van der Waals surface area contributed by atoms with Crippen LogP contribution in [0, 0.1) is 6.92 Å². The van der Waals surface area contributed by atoms with Gasteiger partial charge >= 0.3 is 0 Å². The van der Waals surface area contributed by atoms with E-state index in [0.29, 0.717) is 11.3 Å². The maximum Gasteiger partial charge on any atom is 0.275 e. The van der Waals surface area contributed by atoms with E-state index in [9.17, 15) is 4.79 Å². The molecule has 3 aromatic rings. The third-order valence-corrected chi connectivity index (χ3v) is 5.25. The molecule has 10 heteroatoms. The molecule has 0 aliphatic carbocycles. The number of halogens is 2. The van der Waals surface area contributed by atoms with Crippen molar-refractivity contribution in [3.05, 3.63) is 40.6 Å². The lowest BCUT2D eigenvalue weighted by atomic mass is 10.1. The van der Waals surface area contributed by atoms with Crippen LogP contribution >= 0.6 is 28.3 Å². The molecule has 148 valence electrons. The number of nitrogens with one attached hydrogen (secondary N) is 2. The average Bonchev–Trinajstić information content (AvgIpc) is 3.05. The summed E-state index contributed by atoms with van der Waals surface area (Å²) in [6.45, 7) is 3.50. The van der Waals surface area contributed by atoms with E-state index in [1.165, 1.54) is 6.20 Å². The van der Waals surface area contributed by atoms with E-state index in [1.54, 1.807) is 18.6 Å². The molecular formula is C18H21BrClN7O. The molecule has 1 aliphatic heterocycles. The maximum absolute atomic E-state index is 12.6. The molecule has 3 aromatic heterocycles. The maximum atomic E-state index is 12.6. The van der Waals surface area contributed by atoms with Crippen LogP contribution in [0.25, 0.3) is 11.0 Å². The SMILES string of the molecule is Cc1cnc(C(=O)Nc2c[nH]c3ncc(Br)c(N4CCCC(N)C4)c23)cn1.Cl. The first-order valence-corrected chi connectivity index (χ1v) is 9.58. The molecule has 1 fully saturated rings. The van der Waals surface area contributed by atoms with Crippen LogP contribution in [0.4, 0.5) is 11.4 Å². The van der Waals surface area contributed by atoms with Crippen LogP contribution in [-0.4, -0.2) is 45.0 Å². The van der Waals surface area contributed by atoms with E-state index in [4.69, 9.17) is 5.73 Å². The highest BCUT2D eigenvalue weighted by molar-refractivity contribution is 9.10. The molecule has 1 amide bonds. The van der Waals surface area contributed by atoms with E-state index < -0.39 is 0 Å². The van der Waals surface area contributed by atoms with Gasteiger partial charge in [-0.15, -0.1) is 12.4 Å². The molecule has 1 aliphatic rings. The van der Waals surface area contributed by atoms with Crippen molar-refractivity contribution in [1.82, 2.24) is 19.9 Å². The number of hydrogen-bond acceptors (Lipinski definition) is 6. The van der Waals surface area contributed by atoms with Gasteiger partial charge in [-0.05, 0) is 35.7 Å². The number of carbonyl (C=O) groups excluding carboxylic acids is 1. The second kappa shape index (κ2) is 8.42. The molecule has 1 saturated heterocycles. The number of pyridine rings is 1. The summed E-state index contributed by atoms with van der Waals surface area (Å²) in [5, 5.41) is 3.78. The van der Waals surface area contributed by atoms with Gasteiger partial charge in [0.25, 0.3) is 5.91 Å². The standard InChI is InChI=1S/C18H20BrN7O.ClH/c1-10-5-22-14(8-21-10)18(27)25-13-7-24-17-15(13)16(12(19)6-23-17)26-4-2-3-11(20)9-26;/h5-8,11H,2-4,9,20H2,1H3,(H,23,24)(H,25,27);1H. The normalized spacial score (nSPS) is 16.7. The van der Waals surface area contributed by atoms with Gasteiger partial charge in [0.05, 0.1) is 33.1 Å². The zero-order valence-electron chi connectivity index (χ0n) is 15.3. The van der Waals surface area contributed by atoms with Gasteiger partial charge in [0, 0.05) is 37.7 Å². The van der Waals surface area contributed by atoms with Crippen molar-refractivity contribution in [1.29, 1.82) is 0 Å². The Morgan fingerprint density at radius 2 is 2.14 bits per heavy atom. The van der Waals surface area contributed by atoms with E-state index in [2.05, 4.69) is 46.1 Å². The topological polar surface area (TPSA) is 113 Å². The Bertz CT molecular complexity index is 992. The Kier molecular flexibility index (Phi) is 6.17. The van der Waals surface area contributed by atoms with E-state index in [1.807, 2.05) is 6.92 Å². The number of aromatic nitrogens is 4. The Morgan fingerprint density at radius 1 is 1.32 bits per heavy atom. The summed E-state index contributed by atoms with van der Waals surface area (Å²) in [5.41, 5.74) is 9.54. The number of H-pyrrole nitrogens is 1. The van der Waals surface area contributed by atoms with Gasteiger partial charge in [0.15, 0.2) is 0 Å². The zero-order valence-corrected chi connectivity index (χ0v) is 17.7. The first kappa shape index (κ1) is 20.5. The molecule has 0 aromatic carbocycles. The molecule has 1 atom stereocenters. The molecule has 8 nitrogen and oxygen atoms in total. The van der Waals surface area contributed by atoms with Crippen molar-refractivity contribution in [2.45, 2.75) is 25.8 Å². The number of fused-ring (bicyclic) bond motifs is 1. The Labute approximate surface area is 176 Å². The number of nitrogens with zero attached hydrogens (tertiary/aromatic N) is 4. The highest BCUT2D eigenvalue weighted by Crippen LogP contribution is 2.38. The highest BCUT2D eigenvalue weighted by atomic mass is 79.9. The van der Waals surface area contributed by atoms with Gasteiger partial charge in [0.1, 0.15) is 11.3 Å². The molecule has 0 saturated carbocycles. The number of carbonyl (C=O) groups is 1. The number of rotatable bonds is 3. The molecule has 0 radical (unpaired) electrons. The van der Waals surface area contributed by atoms with Crippen LogP contribution in [0.1, 0.15) is 29.0 Å². The van der Waals surface area contributed by atoms with Gasteiger partial charge in [-0.25, -0.2) is 9.97 Å². The minimum absolute atomic E-state index is 0. The predicted molar refractivity (Wildman–Crippen MR) is 115 cm³/mol. The van der Waals surface area contributed by atoms with Crippen molar-refractivity contribution in [2.24, 2.45) is 5.73 Å². The van der Waals surface area contributed by atoms with Crippen molar-refractivity contribution >= 4 is 56.7 Å². The van der Waals surface area contributed by atoms with E-state index in [-0.39, 0.29) is 30.0 Å². The van der Waals surface area contributed by atoms with Crippen LogP contribution in [0.3, 0.4) is 0 Å². The average molecular weight is 467 g/mol. The monoisotopic (exact) mass is 465 g/mol. The van der Waals surface area contributed by atoms with Gasteiger partial charge in [0.2, 0.25) is 0 Å². The number of piperidine rings is 1. The first-order valence-electron chi connectivity index (χ1n) is 8.79. The Hall–Kier alpha value is -2.23. The number of anilines is 2. The summed E-state index contributed by atoms with van der Waals surface area (Å²) >= 11 is 3.62. The lowest BCUT2D eigenvalue weighted by molar-refractivity contribution is 0.102. The smallest absolute Gasteiger partial charge is 0.275 e. The fraction of sp³-hybridized carbons (Fsp3) is 0.333. The minimum Gasteiger partial charge on any atom is -0.368 e. The highest BCUT2D eigenvalue weighted by Gasteiger charge is 2.24. The van der Waals surface area contributed by atoms with Crippen molar-refractivity contribution in [3.8, 4) is 0 Å². The van der Waals surface area contributed by atoms with Crippen LogP contribution < -0.4 is 16.0 Å². The largest absolute Gasteiger partial charge is 0.368 e. The number of aromatic amines is 1. The Morgan fingerprint density at radius 3 is 2.86 bits per heavy atom. The number of aryl methyl sites for hydroxylation is 1. The molecule has 4 N–H and O–H groups in total. The summed E-state index contributed by atoms with van der Waals surface area (Å²) in [6.07, 6.45) is 8.61. The lowest BCUT2D eigenvalue weighted by Crippen LogP contribution is -2.43. The number of amides is 1. The van der Waals surface area contributed by atoms with Gasteiger partial charge in [-0.2, -0.15) is 0 Å². The summed E-state index contributed by atoms with van der Waals surface area (Å²) < 4.78 is 0.870. The van der Waals surface area contributed by atoms with Crippen LogP contribution in [0.15, 0.2) is 29.3 Å². The van der Waals surface area contributed by atoms with Crippen LogP contribution in [0.2, 0.25) is 0 Å². The third-order valence-electron chi connectivity index (χ3n) is 4.67. The van der Waals surface area contributed by atoms with Crippen molar-refractivity contribution in [3.63, 3.8) is 0 Å². The van der Waals surface area contributed by atoms with Gasteiger partial charge < -0.3 is 20.9 Å². The third kappa shape index (κ3) is 3.96. The Balaban J connectivity index is 0.00000225. The first-order chi connectivity index (χ1) is 13.0. The molecule has 0 spiro atoms. The molecule has 28 heavy (non-hydrogen) atoms. The fourth-order valence-electron chi connectivity index (χ4n) is 3.37. The summed E-state index contributed by atoms with van der Waals surface area (Å²) in [6, 6.07) is 0.133. The molecule has 0 bridgehead atoms. The molecule has 1 unspecified atom stereocenters. The second-order valence-electron chi connectivity index (χ2n) is 6.73. The van der Waals surface area contributed by atoms with E-state index >= 15 is 0 Å². The van der Waals surface area contributed by atoms with Gasteiger partial charge in [-0.3, -0.25) is 9.78 Å². The quantitative estimate of drug-likeness (QED) is 0.547. The fourth-order valence-corrected chi connectivity index (χ4v) is 3.92. The molecule has 4 rings (SSSR count). The second-order valence-corrected chi connectivity index (χ2v) is 7.58. The van der Waals surface area contributed by atoms with Crippen LogP contribution in [0.5, 0.6) is 0 Å². The van der Waals surface area contributed by atoms with Crippen LogP contribution in [-0.2, 0) is 0 Å². The lowest BCUT2D eigenvalue weighted by Gasteiger charge is -2.33. The minimum atomic E-state index is -0.315. The summed E-state index contributed by atoms with van der Waals surface area (Å²) in [4.78, 5) is 30.7. The predicted octanol–water partition coefficient (Wildman–Crippen LogP) is 3.03. The molecular weight excluding hydrogens is 446 g/mol. The van der Waals surface area contributed by atoms with Gasteiger partial charge in [-0.1, -0.05) is 0 Å². The zero-order chi connectivity index (χ0) is 19.0.